The minimum Gasteiger partial charge on any atom is -0.383 e. The van der Waals surface area contributed by atoms with Gasteiger partial charge in [0.2, 0.25) is 0 Å². The van der Waals surface area contributed by atoms with E-state index >= 15 is 0 Å². The van der Waals surface area contributed by atoms with Crippen LogP contribution in [0.1, 0.15) is 31.2 Å². The van der Waals surface area contributed by atoms with Gasteiger partial charge in [0.15, 0.2) is 0 Å². The molecule has 19 heavy (non-hydrogen) atoms. The molecule has 0 amide bonds. The maximum Gasteiger partial charge on any atom is 0.0587 e. The van der Waals surface area contributed by atoms with Crippen LogP contribution in [0.2, 0.25) is 0 Å². The predicted molar refractivity (Wildman–Crippen MR) is 80.6 cm³/mol. The number of fused-ring (bicyclic) bond motifs is 2. The maximum absolute atomic E-state index is 5.15. The monoisotopic (exact) mass is 279 g/mol. The van der Waals surface area contributed by atoms with Gasteiger partial charge >= 0.3 is 0 Å². The van der Waals surface area contributed by atoms with Crippen molar-refractivity contribution in [3.05, 3.63) is 22.4 Å². The second kappa shape index (κ2) is 5.94. The summed E-state index contributed by atoms with van der Waals surface area (Å²) >= 11 is 1.83. The van der Waals surface area contributed by atoms with Crippen LogP contribution in [-0.4, -0.2) is 26.8 Å². The Balaban J connectivity index is 1.65. The Labute approximate surface area is 120 Å². The molecule has 0 aromatic carbocycles. The number of hydrogen-bond acceptors (Lipinski definition) is 3. The summed E-state index contributed by atoms with van der Waals surface area (Å²) in [4.78, 5) is 0. The highest BCUT2D eigenvalue weighted by Crippen LogP contribution is 2.57. The number of rotatable bonds is 7. The molecular formula is C16H25NOS. The van der Waals surface area contributed by atoms with E-state index in [2.05, 4.69) is 22.1 Å². The molecule has 1 aromatic rings. The molecule has 2 nitrogen and oxygen atoms in total. The normalized spacial score (nSPS) is 33.1. The minimum absolute atomic E-state index is 0.526. The van der Waals surface area contributed by atoms with Crippen molar-refractivity contribution in [2.75, 3.05) is 26.8 Å². The number of methoxy groups -OCH3 is 1. The highest BCUT2D eigenvalue weighted by molar-refractivity contribution is 7.07. The first kappa shape index (κ1) is 13.6. The molecule has 0 saturated heterocycles. The summed E-state index contributed by atoms with van der Waals surface area (Å²) in [7, 11) is 1.78. The van der Waals surface area contributed by atoms with Gasteiger partial charge in [0.1, 0.15) is 0 Å². The second-order valence-corrected chi connectivity index (χ2v) is 7.20. The molecule has 3 atom stereocenters. The van der Waals surface area contributed by atoms with E-state index in [4.69, 9.17) is 4.74 Å². The Morgan fingerprint density at radius 1 is 1.47 bits per heavy atom. The van der Waals surface area contributed by atoms with Crippen LogP contribution in [0.25, 0.3) is 0 Å². The first-order valence-electron chi connectivity index (χ1n) is 7.53. The lowest BCUT2D eigenvalue weighted by molar-refractivity contribution is 0.145. The SMILES string of the molecule is COCCNCC1(Cc2ccsc2)CC2CCC1C2. The molecule has 0 aliphatic heterocycles. The van der Waals surface area contributed by atoms with Crippen molar-refractivity contribution < 1.29 is 4.74 Å². The van der Waals surface area contributed by atoms with Crippen LogP contribution < -0.4 is 5.32 Å². The number of nitrogens with one attached hydrogen (secondary N) is 1. The largest absolute Gasteiger partial charge is 0.383 e. The zero-order valence-electron chi connectivity index (χ0n) is 11.9. The van der Waals surface area contributed by atoms with Gasteiger partial charge in [-0.2, -0.15) is 11.3 Å². The lowest BCUT2D eigenvalue weighted by Crippen LogP contribution is -2.41. The van der Waals surface area contributed by atoms with E-state index in [1.807, 2.05) is 11.3 Å². The van der Waals surface area contributed by atoms with Gasteiger partial charge in [0.05, 0.1) is 6.61 Å². The molecule has 3 heteroatoms. The van der Waals surface area contributed by atoms with E-state index in [0.717, 1.165) is 25.0 Å². The quantitative estimate of drug-likeness (QED) is 0.773. The molecule has 2 aliphatic rings. The molecule has 106 valence electrons. The van der Waals surface area contributed by atoms with E-state index in [9.17, 15) is 0 Å². The fraction of sp³-hybridized carbons (Fsp3) is 0.750. The molecule has 2 fully saturated rings. The van der Waals surface area contributed by atoms with Crippen molar-refractivity contribution in [1.29, 1.82) is 0 Å². The van der Waals surface area contributed by atoms with E-state index in [0.29, 0.717) is 5.41 Å². The van der Waals surface area contributed by atoms with Gasteiger partial charge in [-0.1, -0.05) is 6.42 Å². The number of hydrogen-bond donors (Lipinski definition) is 1. The molecule has 3 rings (SSSR count). The first-order chi connectivity index (χ1) is 9.32. The van der Waals surface area contributed by atoms with Crippen LogP contribution in [0, 0.1) is 17.3 Å². The van der Waals surface area contributed by atoms with Crippen molar-refractivity contribution in [3.8, 4) is 0 Å². The molecule has 2 saturated carbocycles. The standard InChI is InChI=1S/C16H25NOS/c1-18-6-5-17-12-16(10-14-4-7-19-11-14)9-13-2-3-15(16)8-13/h4,7,11,13,15,17H,2-3,5-6,8-10,12H2,1H3. The first-order valence-corrected chi connectivity index (χ1v) is 8.47. The summed E-state index contributed by atoms with van der Waals surface area (Å²) in [6.07, 6.45) is 7.14. The third-order valence-electron chi connectivity index (χ3n) is 5.20. The highest BCUT2D eigenvalue weighted by Gasteiger charge is 2.50. The van der Waals surface area contributed by atoms with Crippen LogP contribution in [0.15, 0.2) is 16.8 Å². The Hall–Kier alpha value is -0.380. The molecule has 1 N–H and O–H groups in total. The van der Waals surface area contributed by atoms with E-state index < -0.39 is 0 Å². The average molecular weight is 279 g/mol. The Morgan fingerprint density at radius 2 is 2.42 bits per heavy atom. The van der Waals surface area contributed by atoms with Crippen molar-refractivity contribution in [1.82, 2.24) is 5.32 Å². The van der Waals surface area contributed by atoms with Crippen molar-refractivity contribution >= 4 is 11.3 Å². The molecule has 1 aromatic heterocycles. The topological polar surface area (TPSA) is 21.3 Å². The smallest absolute Gasteiger partial charge is 0.0587 e. The summed E-state index contributed by atoms with van der Waals surface area (Å²) in [5, 5.41) is 8.20. The van der Waals surface area contributed by atoms with Gasteiger partial charge in [0, 0.05) is 20.2 Å². The summed E-state index contributed by atoms with van der Waals surface area (Å²) in [6, 6.07) is 2.31. The Kier molecular flexibility index (Phi) is 4.25. The van der Waals surface area contributed by atoms with Crippen molar-refractivity contribution in [3.63, 3.8) is 0 Å². The van der Waals surface area contributed by atoms with E-state index in [1.165, 1.54) is 38.6 Å². The van der Waals surface area contributed by atoms with Crippen LogP contribution >= 0.6 is 11.3 Å². The summed E-state index contributed by atoms with van der Waals surface area (Å²) in [5.41, 5.74) is 2.07. The zero-order chi connectivity index (χ0) is 13.1. The molecule has 2 bridgehead atoms. The summed E-state index contributed by atoms with van der Waals surface area (Å²) < 4.78 is 5.15. The molecule has 0 radical (unpaired) electrons. The van der Waals surface area contributed by atoms with E-state index in [1.54, 1.807) is 12.7 Å². The molecule has 3 unspecified atom stereocenters. The van der Waals surface area contributed by atoms with Crippen molar-refractivity contribution in [2.24, 2.45) is 17.3 Å². The highest BCUT2D eigenvalue weighted by atomic mass is 32.1. The van der Waals surface area contributed by atoms with Gasteiger partial charge in [0.25, 0.3) is 0 Å². The average Bonchev–Trinajstić information content (AvgIpc) is 3.11. The van der Waals surface area contributed by atoms with Crippen LogP contribution in [0.5, 0.6) is 0 Å². The van der Waals surface area contributed by atoms with Gasteiger partial charge in [-0.05, 0) is 65.3 Å². The third-order valence-corrected chi connectivity index (χ3v) is 5.93. The number of thiophene rings is 1. The van der Waals surface area contributed by atoms with Gasteiger partial charge in [-0.15, -0.1) is 0 Å². The maximum atomic E-state index is 5.15. The lowest BCUT2D eigenvalue weighted by atomic mass is 9.69. The third kappa shape index (κ3) is 2.88. The van der Waals surface area contributed by atoms with Gasteiger partial charge < -0.3 is 10.1 Å². The van der Waals surface area contributed by atoms with E-state index in [-0.39, 0.29) is 0 Å². The lowest BCUT2D eigenvalue weighted by Gasteiger charge is -2.38. The summed E-state index contributed by atoms with van der Waals surface area (Å²) in [6.45, 7) is 2.98. The van der Waals surface area contributed by atoms with Gasteiger partial charge in [-0.25, -0.2) is 0 Å². The zero-order valence-corrected chi connectivity index (χ0v) is 12.7. The second-order valence-electron chi connectivity index (χ2n) is 6.42. The molecular weight excluding hydrogens is 254 g/mol. The molecule has 2 aliphatic carbocycles. The molecule has 1 heterocycles. The fourth-order valence-electron chi connectivity index (χ4n) is 4.36. The minimum atomic E-state index is 0.526. The van der Waals surface area contributed by atoms with Crippen LogP contribution in [-0.2, 0) is 11.2 Å². The number of ether oxygens (including phenoxy) is 1. The predicted octanol–water partition coefficient (Wildman–Crippen LogP) is 3.33. The Morgan fingerprint density at radius 3 is 3.05 bits per heavy atom. The molecule has 0 spiro atoms. The van der Waals surface area contributed by atoms with Crippen LogP contribution in [0.3, 0.4) is 0 Å². The summed E-state index contributed by atoms with van der Waals surface area (Å²) in [5.74, 6) is 1.96. The van der Waals surface area contributed by atoms with Gasteiger partial charge in [-0.3, -0.25) is 0 Å². The van der Waals surface area contributed by atoms with Crippen LogP contribution in [0.4, 0.5) is 0 Å². The van der Waals surface area contributed by atoms with Crippen molar-refractivity contribution in [2.45, 2.75) is 32.1 Å². The fourth-order valence-corrected chi connectivity index (χ4v) is 5.03. The Bertz CT molecular complexity index is 391.